The minimum Gasteiger partial charge on any atom is -0.385 e. The van der Waals surface area contributed by atoms with E-state index in [1.165, 1.54) is 7.11 Å². The number of hydrogen-bond acceptors (Lipinski definition) is 3. The summed E-state index contributed by atoms with van der Waals surface area (Å²) in [6.07, 6.45) is -2.30. The van der Waals surface area contributed by atoms with Crippen LogP contribution in [-0.4, -0.2) is 43.2 Å². The van der Waals surface area contributed by atoms with Crippen LogP contribution in [0.2, 0.25) is 0 Å². The number of hydrogen-bond donors (Lipinski definition) is 1. The van der Waals surface area contributed by atoms with Crippen LogP contribution in [0.4, 0.5) is 8.78 Å². The number of methoxy groups -OCH3 is 1. The first-order valence-electron chi connectivity index (χ1n) is 4.69. The molecular formula is C9H14BrF2NO3. The summed E-state index contributed by atoms with van der Waals surface area (Å²) in [5, 5.41) is 2.02. The second kappa shape index (κ2) is 8.58. The van der Waals surface area contributed by atoms with Crippen molar-refractivity contribution in [3.63, 3.8) is 0 Å². The van der Waals surface area contributed by atoms with Gasteiger partial charge in [-0.05, 0) is 12.8 Å². The fourth-order valence-electron chi connectivity index (χ4n) is 1.07. The van der Waals surface area contributed by atoms with E-state index in [-0.39, 0.29) is 17.5 Å². The van der Waals surface area contributed by atoms with Crippen LogP contribution >= 0.6 is 15.9 Å². The van der Waals surface area contributed by atoms with Gasteiger partial charge in [-0.2, -0.15) is 8.78 Å². The Morgan fingerprint density at radius 2 is 2.06 bits per heavy atom. The molecule has 0 fully saturated rings. The third kappa shape index (κ3) is 6.12. The quantitative estimate of drug-likeness (QED) is 0.540. The Kier molecular flexibility index (Phi) is 8.28. The first-order chi connectivity index (χ1) is 7.52. The fourth-order valence-corrected chi connectivity index (χ4v) is 1.46. The number of halogens is 3. The molecular weight excluding hydrogens is 288 g/mol. The highest BCUT2D eigenvalue weighted by molar-refractivity contribution is 9.09. The molecule has 1 amide bonds. The van der Waals surface area contributed by atoms with Crippen LogP contribution in [0.5, 0.6) is 0 Å². The van der Waals surface area contributed by atoms with E-state index in [1.807, 2.05) is 5.32 Å². The summed E-state index contributed by atoms with van der Waals surface area (Å²) in [6.45, 7) is 0.413. The minimum atomic E-state index is -3.10. The molecule has 7 heteroatoms. The Balaban J connectivity index is 4.20. The molecule has 0 heterocycles. The van der Waals surface area contributed by atoms with E-state index in [0.29, 0.717) is 13.0 Å². The molecule has 0 spiro atoms. The van der Waals surface area contributed by atoms with Crippen LogP contribution in [0.25, 0.3) is 0 Å². The molecule has 0 aliphatic rings. The SMILES string of the molecule is COCCCC(NC(=O)C(F)F)C(=O)CBr. The van der Waals surface area contributed by atoms with Crippen molar-refractivity contribution in [3.8, 4) is 0 Å². The number of nitrogens with one attached hydrogen (secondary N) is 1. The molecule has 16 heavy (non-hydrogen) atoms. The second-order valence-corrected chi connectivity index (χ2v) is 3.66. The Morgan fingerprint density at radius 1 is 1.44 bits per heavy atom. The first-order valence-corrected chi connectivity index (χ1v) is 5.81. The monoisotopic (exact) mass is 301 g/mol. The van der Waals surface area contributed by atoms with Crippen LogP contribution < -0.4 is 5.32 Å². The Labute approximate surface area is 101 Å². The van der Waals surface area contributed by atoms with Crippen molar-refractivity contribution in [3.05, 3.63) is 0 Å². The van der Waals surface area contributed by atoms with Crippen molar-refractivity contribution in [2.75, 3.05) is 19.0 Å². The van der Waals surface area contributed by atoms with Crippen LogP contribution in [0.3, 0.4) is 0 Å². The summed E-state index contributed by atoms with van der Waals surface area (Å²) < 4.78 is 28.7. The molecule has 0 aliphatic heterocycles. The van der Waals surface area contributed by atoms with Gasteiger partial charge in [0, 0.05) is 13.7 Å². The van der Waals surface area contributed by atoms with Crippen molar-refractivity contribution in [1.29, 1.82) is 0 Å². The second-order valence-electron chi connectivity index (χ2n) is 3.10. The zero-order chi connectivity index (χ0) is 12.6. The van der Waals surface area contributed by atoms with Gasteiger partial charge in [0.05, 0.1) is 11.4 Å². The summed E-state index contributed by atoms with van der Waals surface area (Å²) >= 11 is 2.93. The van der Waals surface area contributed by atoms with E-state index in [4.69, 9.17) is 4.74 Å². The van der Waals surface area contributed by atoms with Gasteiger partial charge in [0.25, 0.3) is 5.91 Å². The third-order valence-corrected chi connectivity index (χ3v) is 2.43. The normalized spacial score (nSPS) is 12.6. The van der Waals surface area contributed by atoms with Gasteiger partial charge >= 0.3 is 6.43 Å². The van der Waals surface area contributed by atoms with Gasteiger partial charge in [0.2, 0.25) is 0 Å². The van der Waals surface area contributed by atoms with Gasteiger partial charge in [-0.3, -0.25) is 9.59 Å². The maximum absolute atomic E-state index is 12.0. The third-order valence-electron chi connectivity index (χ3n) is 1.88. The van der Waals surface area contributed by atoms with Gasteiger partial charge in [0.15, 0.2) is 5.78 Å². The lowest BCUT2D eigenvalue weighted by molar-refractivity contribution is -0.135. The molecule has 0 aromatic heterocycles. The van der Waals surface area contributed by atoms with E-state index in [1.54, 1.807) is 0 Å². The summed E-state index contributed by atoms with van der Waals surface area (Å²) in [5.74, 6) is -1.75. The maximum Gasteiger partial charge on any atom is 0.315 e. The lowest BCUT2D eigenvalue weighted by atomic mass is 10.1. The summed E-state index contributed by atoms with van der Waals surface area (Å²) in [5.41, 5.74) is 0. The molecule has 0 bridgehead atoms. The topological polar surface area (TPSA) is 55.4 Å². The van der Waals surface area contributed by atoms with Gasteiger partial charge in [-0.1, -0.05) is 15.9 Å². The molecule has 0 aromatic carbocycles. The summed E-state index contributed by atoms with van der Waals surface area (Å²) in [4.78, 5) is 22.1. The molecule has 0 saturated carbocycles. The predicted octanol–water partition coefficient (Wildman–Crippen LogP) is 1.13. The largest absolute Gasteiger partial charge is 0.385 e. The highest BCUT2D eigenvalue weighted by Gasteiger charge is 2.23. The van der Waals surface area contributed by atoms with Crippen molar-refractivity contribution in [2.24, 2.45) is 0 Å². The molecule has 0 aliphatic carbocycles. The molecule has 4 nitrogen and oxygen atoms in total. The Bertz CT molecular complexity index is 239. The molecule has 1 unspecified atom stereocenters. The number of ketones is 1. The van der Waals surface area contributed by atoms with Crippen LogP contribution in [0, 0.1) is 0 Å². The van der Waals surface area contributed by atoms with Crippen LogP contribution in [-0.2, 0) is 14.3 Å². The number of carbonyl (C=O) groups excluding carboxylic acids is 2. The average molecular weight is 302 g/mol. The van der Waals surface area contributed by atoms with Crippen molar-refractivity contribution in [1.82, 2.24) is 5.32 Å². The molecule has 0 rings (SSSR count). The zero-order valence-corrected chi connectivity index (χ0v) is 10.4. The van der Waals surface area contributed by atoms with Gasteiger partial charge < -0.3 is 10.1 Å². The number of carbonyl (C=O) groups is 2. The number of amides is 1. The van der Waals surface area contributed by atoms with E-state index in [0.717, 1.165) is 0 Å². The molecule has 0 radical (unpaired) electrons. The Morgan fingerprint density at radius 3 is 2.50 bits per heavy atom. The highest BCUT2D eigenvalue weighted by Crippen LogP contribution is 2.03. The first kappa shape index (κ1) is 15.4. The van der Waals surface area contributed by atoms with Crippen LogP contribution in [0.15, 0.2) is 0 Å². The Hall–Kier alpha value is -0.560. The number of ether oxygens (including phenoxy) is 1. The van der Waals surface area contributed by atoms with E-state index < -0.39 is 18.4 Å². The predicted molar refractivity (Wildman–Crippen MR) is 57.8 cm³/mol. The highest BCUT2D eigenvalue weighted by atomic mass is 79.9. The summed E-state index contributed by atoms with van der Waals surface area (Å²) in [6, 6.07) is -0.879. The average Bonchev–Trinajstić information content (AvgIpc) is 2.26. The van der Waals surface area contributed by atoms with Crippen LogP contribution in [0.1, 0.15) is 12.8 Å². The molecule has 1 atom stereocenters. The van der Waals surface area contributed by atoms with Gasteiger partial charge in [-0.15, -0.1) is 0 Å². The van der Waals surface area contributed by atoms with Crippen molar-refractivity contribution >= 4 is 27.6 Å². The van der Waals surface area contributed by atoms with E-state index >= 15 is 0 Å². The molecule has 0 aromatic rings. The summed E-state index contributed by atoms with van der Waals surface area (Å²) in [7, 11) is 1.50. The van der Waals surface area contributed by atoms with E-state index in [9.17, 15) is 18.4 Å². The molecule has 0 saturated heterocycles. The fraction of sp³-hybridized carbons (Fsp3) is 0.778. The van der Waals surface area contributed by atoms with E-state index in [2.05, 4.69) is 15.9 Å². The number of alkyl halides is 3. The lowest BCUT2D eigenvalue weighted by Crippen LogP contribution is -2.44. The zero-order valence-electron chi connectivity index (χ0n) is 8.84. The number of Topliss-reactive ketones (excluding diaryl/α,β-unsaturated/α-hetero) is 1. The van der Waals surface area contributed by atoms with Crippen molar-refractivity contribution in [2.45, 2.75) is 25.3 Å². The lowest BCUT2D eigenvalue weighted by Gasteiger charge is -2.16. The molecule has 1 N–H and O–H groups in total. The smallest absolute Gasteiger partial charge is 0.315 e. The number of rotatable bonds is 8. The maximum atomic E-state index is 12.0. The standard InChI is InChI=1S/C9H14BrF2NO3/c1-16-4-2-3-6(7(14)5-10)13-9(15)8(11)12/h6,8H,2-5H2,1H3,(H,13,15). The molecule has 94 valence electrons. The van der Waals surface area contributed by atoms with Crippen molar-refractivity contribution < 1.29 is 23.1 Å². The van der Waals surface area contributed by atoms with Gasteiger partial charge in [0.1, 0.15) is 0 Å². The van der Waals surface area contributed by atoms with Gasteiger partial charge in [-0.25, -0.2) is 0 Å². The minimum absolute atomic E-state index is 0.0220.